The van der Waals surface area contributed by atoms with E-state index >= 15 is 0 Å². The van der Waals surface area contributed by atoms with Crippen LogP contribution in [0, 0.1) is 0 Å². The number of hydrogen-bond donors (Lipinski definition) is 1. The zero-order valence-corrected chi connectivity index (χ0v) is 19.8. The third kappa shape index (κ3) is 3.88. The summed E-state index contributed by atoms with van der Waals surface area (Å²) in [5.41, 5.74) is 11.7. The number of rotatable bonds is 4. The predicted octanol–water partition coefficient (Wildman–Crippen LogP) is 4.20. The van der Waals surface area contributed by atoms with Gasteiger partial charge in [0.1, 0.15) is 0 Å². The minimum atomic E-state index is 0.0264. The molecule has 0 saturated carbocycles. The van der Waals surface area contributed by atoms with Gasteiger partial charge < -0.3 is 19.8 Å². The Bertz CT molecular complexity index is 1530. The van der Waals surface area contributed by atoms with Gasteiger partial charge in [-0.05, 0) is 55.3 Å². The Labute approximate surface area is 203 Å². The van der Waals surface area contributed by atoms with E-state index in [-0.39, 0.29) is 11.9 Å². The average Bonchev–Trinajstić information content (AvgIpc) is 3.41. The van der Waals surface area contributed by atoms with Crippen molar-refractivity contribution in [2.75, 3.05) is 13.1 Å². The molecule has 6 rings (SSSR count). The number of pyridine rings is 1. The lowest BCUT2D eigenvalue weighted by Crippen LogP contribution is -2.45. The summed E-state index contributed by atoms with van der Waals surface area (Å²) in [5, 5.41) is 1.16. The van der Waals surface area contributed by atoms with Gasteiger partial charge >= 0.3 is 0 Å². The molecule has 1 aliphatic heterocycles. The molecule has 2 aromatic carbocycles. The number of likely N-dealkylation sites (tertiary alicyclic amines) is 1. The van der Waals surface area contributed by atoms with Crippen molar-refractivity contribution in [3.8, 4) is 11.5 Å². The van der Waals surface area contributed by atoms with Gasteiger partial charge in [-0.15, -0.1) is 0 Å². The Morgan fingerprint density at radius 3 is 2.74 bits per heavy atom. The second-order valence-electron chi connectivity index (χ2n) is 9.35. The fourth-order valence-corrected chi connectivity index (χ4v) is 5.16. The van der Waals surface area contributed by atoms with Crippen molar-refractivity contribution in [1.82, 2.24) is 24.0 Å². The van der Waals surface area contributed by atoms with E-state index in [1.807, 2.05) is 54.5 Å². The van der Waals surface area contributed by atoms with E-state index in [2.05, 4.69) is 44.5 Å². The lowest BCUT2D eigenvalue weighted by atomic mass is 10.1. The summed E-state index contributed by atoms with van der Waals surface area (Å²) in [6.07, 6.45) is 3.74. The summed E-state index contributed by atoms with van der Waals surface area (Å²) < 4.78 is 4.36. The smallest absolute Gasteiger partial charge is 0.253 e. The van der Waals surface area contributed by atoms with E-state index in [0.717, 1.165) is 58.5 Å². The first-order valence-electron chi connectivity index (χ1n) is 12.1. The first kappa shape index (κ1) is 21.6. The maximum atomic E-state index is 13.2. The van der Waals surface area contributed by atoms with E-state index in [0.29, 0.717) is 18.7 Å². The lowest BCUT2D eigenvalue weighted by Gasteiger charge is -2.30. The third-order valence-corrected chi connectivity index (χ3v) is 6.96. The number of amides is 1. The third-order valence-electron chi connectivity index (χ3n) is 6.96. The Balaban J connectivity index is 1.43. The Hall–Kier alpha value is -3.97. The molecule has 1 fully saturated rings. The van der Waals surface area contributed by atoms with Crippen LogP contribution in [0.15, 0.2) is 72.9 Å². The summed E-state index contributed by atoms with van der Waals surface area (Å²) in [6.45, 7) is 2.01. The molecule has 3 aromatic heterocycles. The first-order chi connectivity index (χ1) is 17.1. The molecule has 1 aliphatic rings. The summed E-state index contributed by atoms with van der Waals surface area (Å²) in [6, 6.07) is 22.4. The fraction of sp³-hybridized carbons (Fsp3) is 0.250. The quantitative estimate of drug-likeness (QED) is 0.432. The molecule has 0 unspecified atom stereocenters. The van der Waals surface area contributed by atoms with Gasteiger partial charge in [-0.3, -0.25) is 9.78 Å². The molecule has 176 valence electrons. The summed E-state index contributed by atoms with van der Waals surface area (Å²) >= 11 is 0. The topological polar surface area (TPSA) is 82.0 Å². The van der Waals surface area contributed by atoms with Crippen LogP contribution in [-0.2, 0) is 13.6 Å². The highest BCUT2D eigenvalue weighted by atomic mass is 16.2. The molecule has 0 aliphatic carbocycles. The van der Waals surface area contributed by atoms with E-state index < -0.39 is 0 Å². The second kappa shape index (κ2) is 8.67. The van der Waals surface area contributed by atoms with Crippen LogP contribution in [0.4, 0.5) is 0 Å². The number of carbonyl (C=O) groups is 1. The van der Waals surface area contributed by atoms with Crippen molar-refractivity contribution in [2.24, 2.45) is 12.8 Å². The zero-order valence-electron chi connectivity index (χ0n) is 19.8. The molecule has 0 radical (unpaired) electrons. The van der Waals surface area contributed by atoms with Crippen molar-refractivity contribution < 1.29 is 4.79 Å². The normalized spacial score (nSPS) is 16.3. The highest BCUT2D eigenvalue weighted by molar-refractivity contribution is 5.98. The Morgan fingerprint density at radius 2 is 1.91 bits per heavy atom. The van der Waals surface area contributed by atoms with Gasteiger partial charge in [-0.2, -0.15) is 0 Å². The molecule has 1 saturated heterocycles. The van der Waals surface area contributed by atoms with Crippen LogP contribution in [0.3, 0.4) is 0 Å². The minimum absolute atomic E-state index is 0.0264. The van der Waals surface area contributed by atoms with E-state index in [4.69, 9.17) is 10.7 Å². The average molecular weight is 465 g/mol. The van der Waals surface area contributed by atoms with Gasteiger partial charge in [0, 0.05) is 48.8 Å². The summed E-state index contributed by atoms with van der Waals surface area (Å²) in [5.74, 6) is 0.884. The Morgan fingerprint density at radius 1 is 1.06 bits per heavy atom. The highest BCUT2D eigenvalue weighted by Gasteiger charge is 2.23. The van der Waals surface area contributed by atoms with Crippen LogP contribution in [0.2, 0.25) is 0 Å². The zero-order chi connectivity index (χ0) is 23.9. The number of aryl methyl sites for hydroxylation is 1. The molecule has 7 nitrogen and oxygen atoms in total. The van der Waals surface area contributed by atoms with Crippen molar-refractivity contribution >= 4 is 27.8 Å². The van der Waals surface area contributed by atoms with Gasteiger partial charge in [0.2, 0.25) is 0 Å². The predicted molar refractivity (Wildman–Crippen MR) is 138 cm³/mol. The number of carbonyl (C=O) groups excluding carboxylic acids is 1. The number of hydrogen-bond acceptors (Lipinski definition) is 4. The maximum Gasteiger partial charge on any atom is 0.253 e. The molecule has 2 N–H and O–H groups in total. The largest absolute Gasteiger partial charge is 0.337 e. The second-order valence-corrected chi connectivity index (χ2v) is 9.35. The molecule has 35 heavy (non-hydrogen) atoms. The van der Waals surface area contributed by atoms with Crippen LogP contribution in [0.25, 0.3) is 33.5 Å². The molecule has 4 heterocycles. The SMILES string of the molecule is Cn1c(-c2cc3ccccc3n2Cc2ccccn2)nc2cc(C(=O)N3CCC[C@@H](N)C3)ccc21. The van der Waals surface area contributed by atoms with Gasteiger partial charge in [-0.1, -0.05) is 24.3 Å². The van der Waals surface area contributed by atoms with Gasteiger partial charge in [0.25, 0.3) is 5.91 Å². The van der Waals surface area contributed by atoms with E-state index in [1.165, 1.54) is 0 Å². The minimum Gasteiger partial charge on any atom is -0.337 e. The van der Waals surface area contributed by atoms with Crippen LogP contribution < -0.4 is 5.73 Å². The van der Waals surface area contributed by atoms with Gasteiger partial charge in [0.15, 0.2) is 5.82 Å². The van der Waals surface area contributed by atoms with Gasteiger partial charge in [-0.25, -0.2) is 4.98 Å². The van der Waals surface area contributed by atoms with Gasteiger partial charge in [0.05, 0.1) is 29.0 Å². The van der Waals surface area contributed by atoms with Crippen LogP contribution in [-0.4, -0.2) is 49.0 Å². The van der Waals surface area contributed by atoms with Crippen molar-refractivity contribution in [2.45, 2.75) is 25.4 Å². The number of piperidine rings is 1. The molecule has 7 heteroatoms. The Kier molecular flexibility index (Phi) is 5.34. The molecule has 0 bridgehead atoms. The number of nitrogens with two attached hydrogens (primary N) is 1. The van der Waals surface area contributed by atoms with Crippen LogP contribution in [0.5, 0.6) is 0 Å². The molecule has 0 spiro atoms. The van der Waals surface area contributed by atoms with E-state index in [1.54, 1.807) is 0 Å². The van der Waals surface area contributed by atoms with E-state index in [9.17, 15) is 4.79 Å². The fourth-order valence-electron chi connectivity index (χ4n) is 5.16. The van der Waals surface area contributed by atoms with Crippen LogP contribution >= 0.6 is 0 Å². The number of benzene rings is 2. The monoisotopic (exact) mass is 464 g/mol. The van der Waals surface area contributed by atoms with Crippen molar-refractivity contribution in [3.05, 3.63) is 84.2 Å². The molecule has 5 aromatic rings. The standard InChI is InChI=1S/C28H28N6O/c1-32-25-12-11-20(28(35)33-14-6-8-21(29)17-33)15-23(25)31-27(32)26-16-19-7-2-3-10-24(19)34(26)18-22-9-4-5-13-30-22/h2-5,7,9-13,15-16,21H,6,8,14,17-18,29H2,1H3/t21-/m1/s1. The summed E-state index contributed by atoms with van der Waals surface area (Å²) in [4.78, 5) is 24.6. The van der Waals surface area contributed by atoms with Crippen molar-refractivity contribution in [1.29, 1.82) is 0 Å². The number of fused-ring (bicyclic) bond motifs is 2. The molecule has 1 amide bonds. The number of aromatic nitrogens is 4. The number of para-hydroxylation sites is 1. The molecular formula is C28H28N6O. The number of imidazole rings is 1. The summed E-state index contributed by atoms with van der Waals surface area (Å²) in [7, 11) is 2.03. The maximum absolute atomic E-state index is 13.2. The number of nitrogens with zero attached hydrogens (tertiary/aromatic N) is 5. The first-order valence-corrected chi connectivity index (χ1v) is 12.1. The van der Waals surface area contributed by atoms with Crippen molar-refractivity contribution in [3.63, 3.8) is 0 Å². The lowest BCUT2D eigenvalue weighted by molar-refractivity contribution is 0.0709. The highest BCUT2D eigenvalue weighted by Crippen LogP contribution is 2.31. The molecular weight excluding hydrogens is 436 g/mol. The van der Waals surface area contributed by atoms with Crippen LogP contribution in [0.1, 0.15) is 28.9 Å². The molecule has 1 atom stereocenters.